The molecule has 4 saturated carbocycles. The van der Waals surface area contributed by atoms with E-state index < -0.39 is 11.4 Å². The van der Waals surface area contributed by atoms with Crippen LogP contribution in [0.2, 0.25) is 0 Å². The Morgan fingerprint density at radius 1 is 0.971 bits per heavy atom. The average Bonchev–Trinajstić information content (AvgIpc) is 3.17. The number of anilines is 2. The van der Waals surface area contributed by atoms with E-state index in [-0.39, 0.29) is 18.2 Å². The predicted octanol–water partition coefficient (Wildman–Crippen LogP) is 6.39. The number of rotatable bonds is 3. The van der Waals surface area contributed by atoms with Crippen LogP contribution in [0.1, 0.15) is 81.9 Å². The highest BCUT2D eigenvalue weighted by Gasteiger charge is 2.60. The molecule has 4 aliphatic carbocycles. The van der Waals surface area contributed by atoms with Crippen molar-refractivity contribution in [3.8, 4) is 0 Å². The van der Waals surface area contributed by atoms with E-state index in [1.807, 2.05) is 31.2 Å². The number of benzene rings is 2. The molecule has 5 fully saturated rings. The summed E-state index contributed by atoms with van der Waals surface area (Å²) in [6, 6.07) is 14.5. The van der Waals surface area contributed by atoms with Crippen molar-refractivity contribution in [3.63, 3.8) is 0 Å². The SMILES string of the molecule is CC(C)c1ccc2c(c1)C1(OCC(C)(C(=O)OC34CC5CC(CC(C5)C3)C4)O1)c1ccccc1N2. The predicted molar refractivity (Wildman–Crippen MR) is 133 cm³/mol. The lowest BCUT2D eigenvalue weighted by atomic mass is 9.54. The Morgan fingerprint density at radius 2 is 1.63 bits per heavy atom. The number of para-hydroxylation sites is 1. The second kappa shape index (κ2) is 7.33. The topological polar surface area (TPSA) is 56.8 Å². The Morgan fingerprint density at radius 3 is 2.31 bits per heavy atom. The first-order chi connectivity index (χ1) is 16.8. The van der Waals surface area contributed by atoms with Gasteiger partial charge in [-0.15, -0.1) is 0 Å². The van der Waals surface area contributed by atoms with E-state index in [1.54, 1.807) is 0 Å². The highest BCUT2D eigenvalue weighted by molar-refractivity contribution is 5.81. The molecule has 8 rings (SSSR count). The largest absolute Gasteiger partial charge is 0.457 e. The van der Waals surface area contributed by atoms with Crippen LogP contribution < -0.4 is 5.32 Å². The van der Waals surface area contributed by atoms with Crippen molar-refractivity contribution < 1.29 is 19.0 Å². The van der Waals surface area contributed by atoms with Gasteiger partial charge in [0, 0.05) is 22.5 Å². The molecule has 1 N–H and O–H groups in total. The van der Waals surface area contributed by atoms with Crippen LogP contribution in [0, 0.1) is 17.8 Å². The monoisotopic (exact) mass is 473 g/mol. The molecule has 5 heteroatoms. The van der Waals surface area contributed by atoms with Crippen LogP contribution in [0.4, 0.5) is 11.4 Å². The number of hydrogen-bond acceptors (Lipinski definition) is 5. The maximum Gasteiger partial charge on any atom is 0.341 e. The van der Waals surface area contributed by atoms with Gasteiger partial charge in [-0.05, 0) is 92.9 Å². The summed E-state index contributed by atoms with van der Waals surface area (Å²) in [5, 5.41) is 3.54. The maximum atomic E-state index is 13.8. The summed E-state index contributed by atoms with van der Waals surface area (Å²) in [7, 11) is 0. The molecular formula is C30H35NO4. The number of carbonyl (C=O) groups excluding carboxylic acids is 1. The van der Waals surface area contributed by atoms with E-state index in [4.69, 9.17) is 14.2 Å². The van der Waals surface area contributed by atoms with Gasteiger partial charge in [0.15, 0.2) is 5.60 Å². The molecule has 0 aromatic heterocycles. The quantitative estimate of drug-likeness (QED) is 0.524. The Hall–Kier alpha value is -2.37. The van der Waals surface area contributed by atoms with E-state index in [2.05, 4.69) is 37.4 Å². The van der Waals surface area contributed by atoms with Crippen LogP contribution in [0.3, 0.4) is 0 Å². The molecule has 2 aromatic rings. The molecule has 2 heterocycles. The molecular weight excluding hydrogens is 438 g/mol. The van der Waals surface area contributed by atoms with Crippen LogP contribution in [-0.2, 0) is 24.8 Å². The van der Waals surface area contributed by atoms with E-state index in [0.717, 1.165) is 41.8 Å². The fourth-order valence-corrected chi connectivity index (χ4v) is 7.91. The van der Waals surface area contributed by atoms with E-state index in [9.17, 15) is 4.79 Å². The van der Waals surface area contributed by atoms with Gasteiger partial charge < -0.3 is 19.5 Å². The summed E-state index contributed by atoms with van der Waals surface area (Å²) in [6.07, 6.45) is 6.99. The second-order valence-electron chi connectivity index (χ2n) is 12.4. The molecule has 6 aliphatic rings. The standard InChI is InChI=1S/C30H35NO4/c1-18(2)22-8-9-26-24(13-22)30(23-6-4-5-7-25(23)31-26)33-17-28(3,35-30)27(32)34-29-14-19-10-20(15-29)12-21(11-19)16-29/h4-9,13,18-21,31H,10-12,14-17H2,1-3H3. The van der Waals surface area contributed by atoms with Gasteiger partial charge in [-0.2, -0.15) is 0 Å². The summed E-state index contributed by atoms with van der Waals surface area (Å²) in [4.78, 5) is 13.8. The van der Waals surface area contributed by atoms with Crippen LogP contribution >= 0.6 is 0 Å². The zero-order valence-electron chi connectivity index (χ0n) is 20.9. The third-order valence-corrected chi connectivity index (χ3v) is 9.26. The lowest BCUT2D eigenvalue weighted by molar-refractivity contribution is -0.215. The van der Waals surface area contributed by atoms with Gasteiger partial charge >= 0.3 is 5.97 Å². The van der Waals surface area contributed by atoms with Crippen LogP contribution in [-0.4, -0.2) is 23.8 Å². The van der Waals surface area contributed by atoms with Crippen molar-refractivity contribution in [2.75, 3.05) is 11.9 Å². The third kappa shape index (κ3) is 3.24. The molecule has 184 valence electrons. The average molecular weight is 474 g/mol. The van der Waals surface area contributed by atoms with E-state index in [0.29, 0.717) is 23.7 Å². The maximum absolute atomic E-state index is 13.8. The third-order valence-electron chi connectivity index (χ3n) is 9.26. The summed E-state index contributed by atoms with van der Waals surface area (Å²) >= 11 is 0. The molecule has 0 amide bonds. The molecule has 2 unspecified atom stereocenters. The lowest BCUT2D eigenvalue weighted by Crippen LogP contribution is -2.55. The van der Waals surface area contributed by atoms with Gasteiger partial charge in [-0.3, -0.25) is 0 Å². The Balaban J connectivity index is 1.24. The minimum atomic E-state index is -1.17. The number of ether oxygens (including phenoxy) is 3. The molecule has 1 spiro atoms. The van der Waals surface area contributed by atoms with Crippen molar-refractivity contribution in [2.24, 2.45) is 17.8 Å². The zero-order valence-corrected chi connectivity index (χ0v) is 20.9. The van der Waals surface area contributed by atoms with Gasteiger partial charge in [0.2, 0.25) is 5.79 Å². The van der Waals surface area contributed by atoms with Crippen molar-refractivity contribution in [3.05, 3.63) is 59.2 Å². The zero-order chi connectivity index (χ0) is 24.0. The van der Waals surface area contributed by atoms with Gasteiger partial charge in [0.1, 0.15) is 5.60 Å². The fraction of sp³-hybridized carbons (Fsp3) is 0.567. The summed E-state index contributed by atoms with van der Waals surface area (Å²) in [5.74, 6) is 1.10. The summed E-state index contributed by atoms with van der Waals surface area (Å²) in [5.41, 5.74) is 3.46. The van der Waals surface area contributed by atoms with Crippen molar-refractivity contribution in [1.82, 2.24) is 0 Å². The van der Waals surface area contributed by atoms with E-state index in [1.165, 1.54) is 24.8 Å². The normalized spacial score (nSPS) is 38.3. The van der Waals surface area contributed by atoms with Gasteiger partial charge in [-0.25, -0.2) is 4.79 Å². The lowest BCUT2D eigenvalue weighted by Gasteiger charge is -2.56. The minimum Gasteiger partial charge on any atom is -0.457 e. The molecule has 1 saturated heterocycles. The smallest absolute Gasteiger partial charge is 0.341 e. The van der Waals surface area contributed by atoms with Crippen LogP contribution in [0.15, 0.2) is 42.5 Å². The highest BCUT2D eigenvalue weighted by atomic mass is 16.8. The van der Waals surface area contributed by atoms with Gasteiger partial charge in [0.05, 0.1) is 6.61 Å². The molecule has 4 bridgehead atoms. The van der Waals surface area contributed by atoms with Gasteiger partial charge in [-0.1, -0.05) is 38.1 Å². The number of esters is 1. The number of nitrogens with one attached hydrogen (secondary N) is 1. The summed E-state index contributed by atoms with van der Waals surface area (Å²) in [6.45, 7) is 6.38. The molecule has 35 heavy (non-hydrogen) atoms. The number of fused-ring (bicyclic) bond motifs is 4. The van der Waals surface area contributed by atoms with Crippen molar-refractivity contribution in [1.29, 1.82) is 0 Å². The van der Waals surface area contributed by atoms with Crippen molar-refractivity contribution in [2.45, 2.75) is 82.2 Å². The highest BCUT2D eigenvalue weighted by Crippen LogP contribution is 2.58. The van der Waals surface area contributed by atoms with Crippen LogP contribution in [0.5, 0.6) is 0 Å². The first-order valence-electron chi connectivity index (χ1n) is 13.4. The fourth-order valence-electron chi connectivity index (χ4n) is 7.91. The van der Waals surface area contributed by atoms with Crippen LogP contribution in [0.25, 0.3) is 0 Å². The molecule has 2 atom stereocenters. The molecule has 2 aliphatic heterocycles. The molecule has 5 nitrogen and oxygen atoms in total. The number of carbonyl (C=O) groups is 1. The van der Waals surface area contributed by atoms with Crippen molar-refractivity contribution >= 4 is 17.3 Å². The second-order valence-corrected chi connectivity index (χ2v) is 12.4. The molecule has 0 radical (unpaired) electrons. The Bertz CT molecular complexity index is 1170. The van der Waals surface area contributed by atoms with Gasteiger partial charge in [0.25, 0.3) is 0 Å². The number of hydrogen-bond donors (Lipinski definition) is 1. The molecule has 2 aromatic carbocycles. The Kier molecular flexibility index (Phi) is 4.58. The first-order valence-corrected chi connectivity index (χ1v) is 13.4. The minimum absolute atomic E-state index is 0.165. The Labute approximate surface area is 207 Å². The van der Waals surface area contributed by atoms with E-state index >= 15 is 0 Å². The summed E-state index contributed by atoms with van der Waals surface area (Å²) < 4.78 is 19.8. The first kappa shape index (κ1) is 21.9.